The Morgan fingerprint density at radius 2 is 1.22 bits per heavy atom. The van der Waals surface area contributed by atoms with Crippen LogP contribution in [0.5, 0.6) is 11.5 Å². The number of aromatic nitrogens is 2. The minimum atomic E-state index is 0.0221. The summed E-state index contributed by atoms with van der Waals surface area (Å²) in [4.78, 5) is 4.81. The first-order valence-electron chi connectivity index (χ1n) is 16.7. The van der Waals surface area contributed by atoms with E-state index in [4.69, 9.17) is 4.74 Å². The Kier molecular flexibility index (Phi) is 7.73. The number of para-hydroxylation sites is 3. The van der Waals surface area contributed by atoms with Crippen molar-refractivity contribution in [3.05, 3.63) is 176 Å². The molecule has 5 heteroatoms. The molecule has 7 aromatic rings. The topological polar surface area (TPSA) is 24.5 Å². The highest BCUT2D eigenvalue weighted by molar-refractivity contribution is 5.92. The summed E-state index contributed by atoms with van der Waals surface area (Å²) in [5.41, 5.74) is 10.4. The van der Waals surface area contributed by atoms with Crippen molar-refractivity contribution < 1.29 is 9.30 Å². The molecule has 0 amide bonds. The van der Waals surface area contributed by atoms with Crippen LogP contribution in [0.2, 0.25) is 0 Å². The molecular weight excluding hydrogens is 601 g/mol. The van der Waals surface area contributed by atoms with Crippen LogP contribution in [0.15, 0.2) is 164 Å². The van der Waals surface area contributed by atoms with Crippen molar-refractivity contribution in [1.29, 1.82) is 0 Å². The summed E-state index contributed by atoms with van der Waals surface area (Å²) in [6.45, 7) is 7.50. The van der Waals surface area contributed by atoms with Crippen LogP contribution in [-0.4, -0.2) is 11.2 Å². The second-order valence-electron chi connectivity index (χ2n) is 13.4. The number of rotatable bonds is 7. The van der Waals surface area contributed by atoms with Crippen LogP contribution in [0.3, 0.4) is 0 Å². The summed E-state index contributed by atoms with van der Waals surface area (Å²) >= 11 is 0. The van der Waals surface area contributed by atoms with Gasteiger partial charge < -0.3 is 14.5 Å². The smallest absolute Gasteiger partial charge is 0.268 e. The lowest BCUT2D eigenvalue weighted by molar-refractivity contribution is -0.599. The fourth-order valence-corrected chi connectivity index (χ4v) is 6.46. The lowest BCUT2D eigenvalue weighted by atomic mass is 9.85. The summed E-state index contributed by atoms with van der Waals surface area (Å²) in [7, 11) is 0. The summed E-state index contributed by atoms with van der Waals surface area (Å²) in [6, 6.07) is 53.0. The predicted octanol–water partition coefficient (Wildman–Crippen LogP) is 10.6. The van der Waals surface area contributed by atoms with Crippen LogP contribution in [0, 0.1) is 6.33 Å². The minimum Gasteiger partial charge on any atom is -0.458 e. The first-order chi connectivity index (χ1) is 23.9. The van der Waals surface area contributed by atoms with Crippen molar-refractivity contribution in [2.45, 2.75) is 26.2 Å². The lowest BCUT2D eigenvalue weighted by Crippen LogP contribution is -2.27. The Labute approximate surface area is 288 Å². The molecule has 5 nitrogen and oxygen atoms in total. The molecule has 0 N–H and O–H groups in total. The predicted molar refractivity (Wildman–Crippen MR) is 199 cm³/mol. The van der Waals surface area contributed by atoms with Gasteiger partial charge in [-0.05, 0) is 77.2 Å². The fraction of sp³-hybridized carbons (Fsp3) is 0.114. The van der Waals surface area contributed by atoms with Gasteiger partial charge in [-0.1, -0.05) is 106 Å². The first-order valence-corrected chi connectivity index (χ1v) is 16.7. The van der Waals surface area contributed by atoms with Crippen molar-refractivity contribution in [2.75, 3.05) is 16.5 Å². The SMILES string of the molecule is CC(C)(C)c1ccc(-c2ccccc2)c(N2CN(c3cccc(Oc4cccc(-n5[c-][n+](-c6ccccc6)cc5)c4)c3)c3ccccc32)c1. The first kappa shape index (κ1) is 30.3. The molecule has 0 saturated carbocycles. The number of hydrogen-bond acceptors (Lipinski definition) is 3. The number of nitrogens with zero attached hydrogens (tertiary/aromatic N) is 4. The maximum atomic E-state index is 6.49. The van der Waals surface area contributed by atoms with Gasteiger partial charge in [-0.15, -0.1) is 0 Å². The molecule has 0 radical (unpaired) electrons. The van der Waals surface area contributed by atoms with E-state index in [9.17, 15) is 0 Å². The van der Waals surface area contributed by atoms with Gasteiger partial charge in [0.1, 0.15) is 18.2 Å². The van der Waals surface area contributed by atoms with Gasteiger partial charge in [0.25, 0.3) is 6.33 Å². The van der Waals surface area contributed by atoms with Gasteiger partial charge in [0.15, 0.2) is 0 Å². The van der Waals surface area contributed by atoms with Gasteiger partial charge in [-0.25, -0.2) is 0 Å². The standard InChI is InChI=1S/C44H38N4O/c1-44(2,3)34-24-25-40(33-14-6-4-7-15-33)43(28-34)48-32-47(41-22-10-11-23-42(41)48)37-19-13-21-39(30-37)49-38-20-12-18-36(29-38)46-27-26-45(31-46)35-16-8-5-9-17-35/h4-30H,32H2,1-3H3. The highest BCUT2D eigenvalue weighted by Crippen LogP contribution is 2.48. The maximum Gasteiger partial charge on any atom is 0.268 e. The Morgan fingerprint density at radius 1 is 0.592 bits per heavy atom. The quantitative estimate of drug-likeness (QED) is 0.128. The van der Waals surface area contributed by atoms with Gasteiger partial charge in [-0.3, -0.25) is 9.13 Å². The van der Waals surface area contributed by atoms with Crippen LogP contribution in [0.25, 0.3) is 22.5 Å². The Balaban J connectivity index is 1.10. The number of fused-ring (bicyclic) bond motifs is 1. The third kappa shape index (κ3) is 6.07. The number of benzene rings is 6. The second kappa shape index (κ2) is 12.5. The van der Waals surface area contributed by atoms with Crippen LogP contribution < -0.4 is 19.1 Å². The van der Waals surface area contributed by atoms with Crippen LogP contribution in [0.1, 0.15) is 26.3 Å². The van der Waals surface area contributed by atoms with Gasteiger partial charge in [0.05, 0.1) is 28.4 Å². The molecule has 0 saturated heterocycles. The Hall–Kier alpha value is -6.07. The normalized spacial score (nSPS) is 12.6. The molecular formula is C44H38N4O. The third-order valence-corrected chi connectivity index (χ3v) is 9.06. The number of ether oxygens (including phenoxy) is 1. The summed E-state index contributed by atoms with van der Waals surface area (Å²) in [5, 5.41) is 0. The molecule has 0 atom stereocenters. The van der Waals surface area contributed by atoms with Crippen molar-refractivity contribution >= 4 is 22.7 Å². The zero-order valence-electron chi connectivity index (χ0n) is 28.0. The van der Waals surface area contributed by atoms with E-state index in [2.05, 4.69) is 146 Å². The van der Waals surface area contributed by atoms with Crippen molar-refractivity contribution in [1.82, 2.24) is 4.57 Å². The summed E-state index contributed by atoms with van der Waals surface area (Å²) in [6.07, 6.45) is 7.41. The van der Waals surface area contributed by atoms with E-state index in [1.54, 1.807) is 0 Å². The van der Waals surface area contributed by atoms with E-state index in [1.807, 2.05) is 64.0 Å². The van der Waals surface area contributed by atoms with Crippen LogP contribution >= 0.6 is 0 Å². The van der Waals surface area contributed by atoms with Gasteiger partial charge in [-0.2, -0.15) is 0 Å². The van der Waals surface area contributed by atoms with E-state index < -0.39 is 0 Å². The average Bonchev–Trinajstić information content (AvgIpc) is 3.79. The Morgan fingerprint density at radius 3 is 1.94 bits per heavy atom. The molecule has 6 aromatic carbocycles. The Bertz CT molecular complexity index is 2230. The van der Waals surface area contributed by atoms with Crippen LogP contribution in [0.4, 0.5) is 22.7 Å². The zero-order chi connectivity index (χ0) is 33.4. The van der Waals surface area contributed by atoms with Crippen molar-refractivity contribution in [2.24, 2.45) is 0 Å². The summed E-state index contributed by atoms with van der Waals surface area (Å²) in [5.74, 6) is 1.54. The number of anilines is 4. The molecule has 1 aliphatic heterocycles. The molecule has 0 bridgehead atoms. The molecule has 1 aliphatic rings. The highest BCUT2D eigenvalue weighted by atomic mass is 16.5. The molecule has 0 unspecified atom stereocenters. The highest BCUT2D eigenvalue weighted by Gasteiger charge is 2.30. The molecule has 2 heterocycles. The van der Waals surface area contributed by atoms with E-state index >= 15 is 0 Å². The molecule has 8 rings (SSSR count). The minimum absolute atomic E-state index is 0.0221. The maximum absolute atomic E-state index is 6.49. The fourth-order valence-electron chi connectivity index (χ4n) is 6.46. The molecule has 0 spiro atoms. The molecule has 0 fully saturated rings. The van der Waals surface area contributed by atoms with Crippen molar-refractivity contribution in [3.8, 4) is 34.0 Å². The second-order valence-corrected chi connectivity index (χ2v) is 13.4. The van der Waals surface area contributed by atoms with E-state index in [1.165, 1.54) is 28.1 Å². The van der Waals surface area contributed by atoms with E-state index in [0.717, 1.165) is 34.2 Å². The zero-order valence-corrected chi connectivity index (χ0v) is 28.0. The average molecular weight is 639 g/mol. The van der Waals surface area contributed by atoms with Crippen molar-refractivity contribution in [3.63, 3.8) is 0 Å². The van der Waals surface area contributed by atoms with Gasteiger partial charge in [0.2, 0.25) is 0 Å². The molecule has 1 aromatic heterocycles. The number of hydrogen-bond donors (Lipinski definition) is 0. The number of imidazole rings is 1. The third-order valence-electron chi connectivity index (χ3n) is 9.06. The largest absolute Gasteiger partial charge is 0.458 e. The summed E-state index contributed by atoms with van der Waals surface area (Å²) < 4.78 is 10.4. The molecule has 0 aliphatic carbocycles. The molecule has 49 heavy (non-hydrogen) atoms. The molecule has 240 valence electrons. The van der Waals surface area contributed by atoms with Gasteiger partial charge >= 0.3 is 0 Å². The van der Waals surface area contributed by atoms with Gasteiger partial charge in [0, 0.05) is 29.7 Å². The van der Waals surface area contributed by atoms with E-state index in [0.29, 0.717) is 6.67 Å². The van der Waals surface area contributed by atoms with Crippen LogP contribution in [-0.2, 0) is 5.41 Å². The lowest BCUT2D eigenvalue weighted by Gasteiger charge is -2.27. The monoisotopic (exact) mass is 638 g/mol. The van der Waals surface area contributed by atoms with E-state index in [-0.39, 0.29) is 5.41 Å².